The number of hydrogen-bond donors (Lipinski definition) is 0. The van der Waals surface area contributed by atoms with Crippen LogP contribution >= 0.6 is 0 Å². The second kappa shape index (κ2) is 10.9. The average Bonchev–Trinajstić information content (AvgIpc) is 3.68. The molecule has 0 aliphatic rings. The third-order valence-electron chi connectivity index (χ3n) is 9.40. The predicted octanol–water partition coefficient (Wildman–Crippen LogP) is 11.0. The highest BCUT2D eigenvalue weighted by molar-refractivity contribution is 6.12. The lowest BCUT2D eigenvalue weighted by Gasteiger charge is -2.15. The van der Waals surface area contributed by atoms with Crippen LogP contribution in [0.3, 0.4) is 0 Å². The maximum atomic E-state index is 9.89. The van der Waals surface area contributed by atoms with Crippen LogP contribution in [-0.2, 0) is 0 Å². The highest BCUT2D eigenvalue weighted by Crippen LogP contribution is 2.38. The monoisotopic (exact) mass is 610 g/mol. The smallest absolute Gasteiger partial charge is 0.0998 e. The van der Waals surface area contributed by atoms with Crippen LogP contribution in [-0.4, -0.2) is 9.13 Å². The third-order valence-corrected chi connectivity index (χ3v) is 9.40. The van der Waals surface area contributed by atoms with Gasteiger partial charge in [0.2, 0.25) is 0 Å². The highest BCUT2D eigenvalue weighted by Gasteiger charge is 2.17. The number of rotatable bonds is 4. The fourth-order valence-corrected chi connectivity index (χ4v) is 7.27. The van der Waals surface area contributed by atoms with Gasteiger partial charge in [-0.2, -0.15) is 10.5 Å². The number of para-hydroxylation sites is 3. The van der Waals surface area contributed by atoms with E-state index in [0.29, 0.717) is 11.1 Å². The van der Waals surface area contributed by atoms with Crippen LogP contribution in [0.2, 0.25) is 0 Å². The van der Waals surface area contributed by atoms with E-state index >= 15 is 0 Å². The van der Waals surface area contributed by atoms with Gasteiger partial charge in [0.05, 0.1) is 51.0 Å². The molecule has 4 nitrogen and oxygen atoms in total. The van der Waals surface area contributed by atoms with Gasteiger partial charge in [-0.15, -0.1) is 0 Å². The molecule has 0 saturated heterocycles. The van der Waals surface area contributed by atoms with Crippen molar-refractivity contribution in [2.75, 3.05) is 0 Å². The van der Waals surface area contributed by atoms with Crippen molar-refractivity contribution in [2.45, 2.75) is 0 Å². The minimum atomic E-state index is 0.621. The van der Waals surface area contributed by atoms with Gasteiger partial charge in [-0.1, -0.05) is 103 Å². The first-order chi connectivity index (χ1) is 23.7. The lowest BCUT2D eigenvalue weighted by Crippen LogP contribution is -1.98. The van der Waals surface area contributed by atoms with Gasteiger partial charge >= 0.3 is 0 Å². The summed E-state index contributed by atoms with van der Waals surface area (Å²) < 4.78 is 4.53. The molecular formula is C44H26N4. The summed E-state index contributed by atoms with van der Waals surface area (Å²) in [5.41, 5.74) is 11.9. The van der Waals surface area contributed by atoms with Gasteiger partial charge < -0.3 is 9.13 Å². The largest absolute Gasteiger partial charge is 0.309 e. The molecule has 48 heavy (non-hydrogen) atoms. The maximum Gasteiger partial charge on any atom is 0.0998 e. The van der Waals surface area contributed by atoms with E-state index in [1.165, 1.54) is 10.8 Å². The maximum absolute atomic E-state index is 9.89. The van der Waals surface area contributed by atoms with Crippen LogP contribution in [0.5, 0.6) is 0 Å². The van der Waals surface area contributed by atoms with Gasteiger partial charge in [0.25, 0.3) is 0 Å². The average molecular weight is 611 g/mol. The molecular weight excluding hydrogens is 585 g/mol. The minimum absolute atomic E-state index is 0.621. The second-order valence-electron chi connectivity index (χ2n) is 12.0. The Bertz CT molecular complexity index is 2750. The molecule has 0 aliphatic heterocycles. The highest BCUT2D eigenvalue weighted by atomic mass is 15.0. The fraction of sp³-hybridized carbons (Fsp3) is 0. The van der Waals surface area contributed by atoms with Gasteiger partial charge in [0, 0.05) is 32.8 Å². The Morgan fingerprint density at radius 1 is 0.417 bits per heavy atom. The van der Waals surface area contributed by atoms with Crippen LogP contribution in [0.1, 0.15) is 11.1 Å². The zero-order valence-corrected chi connectivity index (χ0v) is 25.8. The van der Waals surface area contributed by atoms with E-state index < -0.39 is 0 Å². The summed E-state index contributed by atoms with van der Waals surface area (Å²) in [4.78, 5) is 0. The molecule has 0 bridgehead atoms. The summed E-state index contributed by atoms with van der Waals surface area (Å²) in [5, 5.41) is 24.2. The van der Waals surface area contributed by atoms with Gasteiger partial charge in [-0.25, -0.2) is 0 Å². The Morgan fingerprint density at radius 3 is 1.71 bits per heavy atom. The molecule has 0 unspecified atom stereocenters. The van der Waals surface area contributed by atoms with Crippen LogP contribution in [0.15, 0.2) is 158 Å². The van der Waals surface area contributed by atoms with Crippen molar-refractivity contribution >= 4 is 43.6 Å². The molecule has 2 aromatic heterocycles. The first-order valence-electron chi connectivity index (χ1n) is 15.9. The van der Waals surface area contributed by atoms with Crippen molar-refractivity contribution in [1.82, 2.24) is 9.13 Å². The van der Waals surface area contributed by atoms with Crippen LogP contribution < -0.4 is 0 Å². The van der Waals surface area contributed by atoms with Crippen LogP contribution in [0.25, 0.3) is 77.2 Å². The molecule has 9 aromatic rings. The molecule has 0 N–H and O–H groups in total. The standard InChI is InChI=1S/C44H26N4/c45-27-29-19-24-35(43(25-29)48-39-15-4-1-12-36(39)37-13-2-5-16-40(37)48)31-22-20-30(21-23-31)32-9-7-11-34(26-32)47-41-17-6-3-14-38(41)44-33(28-46)10-8-18-42(44)47/h1-26H. The zero-order valence-electron chi connectivity index (χ0n) is 25.8. The van der Waals surface area contributed by atoms with E-state index in [0.717, 1.165) is 66.5 Å². The number of nitrogens with zero attached hydrogens (tertiary/aromatic N) is 4. The summed E-state index contributed by atoms with van der Waals surface area (Å²) in [6.07, 6.45) is 0. The Labute approximate surface area is 277 Å². The topological polar surface area (TPSA) is 57.4 Å². The second-order valence-corrected chi connectivity index (χ2v) is 12.0. The molecule has 0 saturated carbocycles. The predicted molar refractivity (Wildman–Crippen MR) is 195 cm³/mol. The molecule has 0 radical (unpaired) electrons. The molecule has 0 amide bonds. The van der Waals surface area contributed by atoms with Crippen molar-refractivity contribution in [3.63, 3.8) is 0 Å². The minimum Gasteiger partial charge on any atom is -0.309 e. The summed E-state index contributed by atoms with van der Waals surface area (Å²) in [5.74, 6) is 0. The van der Waals surface area contributed by atoms with E-state index in [9.17, 15) is 10.5 Å². The van der Waals surface area contributed by atoms with Crippen molar-refractivity contribution in [2.24, 2.45) is 0 Å². The first-order valence-corrected chi connectivity index (χ1v) is 15.9. The van der Waals surface area contributed by atoms with Crippen molar-refractivity contribution in [3.8, 4) is 45.8 Å². The summed E-state index contributed by atoms with van der Waals surface area (Å²) in [6, 6.07) is 59.0. The van der Waals surface area contributed by atoms with E-state index in [-0.39, 0.29) is 0 Å². The molecule has 0 atom stereocenters. The Morgan fingerprint density at radius 2 is 1.02 bits per heavy atom. The Hall–Kier alpha value is -6.88. The number of benzene rings is 7. The molecule has 222 valence electrons. The fourth-order valence-electron chi connectivity index (χ4n) is 7.27. The lowest BCUT2D eigenvalue weighted by molar-refractivity contribution is 1.18. The van der Waals surface area contributed by atoms with E-state index in [1.54, 1.807) is 0 Å². The normalized spacial score (nSPS) is 11.3. The van der Waals surface area contributed by atoms with E-state index in [1.807, 2.05) is 36.4 Å². The molecule has 0 fully saturated rings. The molecule has 0 aliphatic carbocycles. The number of fused-ring (bicyclic) bond motifs is 6. The molecule has 9 rings (SSSR count). The Balaban J connectivity index is 1.17. The van der Waals surface area contributed by atoms with Crippen molar-refractivity contribution in [1.29, 1.82) is 10.5 Å². The van der Waals surface area contributed by atoms with Gasteiger partial charge in [-0.05, 0) is 71.3 Å². The Kier molecular flexibility index (Phi) is 6.22. The summed E-state index contributed by atoms with van der Waals surface area (Å²) >= 11 is 0. The van der Waals surface area contributed by atoms with E-state index in [2.05, 4.69) is 143 Å². The van der Waals surface area contributed by atoms with Crippen molar-refractivity contribution < 1.29 is 0 Å². The zero-order chi connectivity index (χ0) is 32.2. The van der Waals surface area contributed by atoms with Crippen molar-refractivity contribution in [3.05, 3.63) is 169 Å². The SMILES string of the molecule is N#Cc1ccc(-c2ccc(-c3cccc(-n4c5ccccc5c5c(C#N)cccc54)c3)cc2)c(-n2c3ccccc3c3ccccc32)c1. The molecule has 2 heterocycles. The van der Waals surface area contributed by atoms with Crippen LogP contribution in [0, 0.1) is 22.7 Å². The quantitative estimate of drug-likeness (QED) is 0.199. The van der Waals surface area contributed by atoms with Gasteiger partial charge in [0.1, 0.15) is 0 Å². The number of hydrogen-bond acceptors (Lipinski definition) is 2. The lowest BCUT2D eigenvalue weighted by atomic mass is 9.97. The summed E-state index contributed by atoms with van der Waals surface area (Å²) in [6.45, 7) is 0. The number of nitriles is 2. The summed E-state index contributed by atoms with van der Waals surface area (Å²) in [7, 11) is 0. The van der Waals surface area contributed by atoms with Gasteiger partial charge in [0.15, 0.2) is 0 Å². The van der Waals surface area contributed by atoms with Gasteiger partial charge in [-0.3, -0.25) is 0 Å². The number of aromatic nitrogens is 2. The third kappa shape index (κ3) is 4.14. The molecule has 7 aromatic carbocycles. The van der Waals surface area contributed by atoms with Crippen LogP contribution in [0.4, 0.5) is 0 Å². The molecule has 4 heteroatoms. The van der Waals surface area contributed by atoms with E-state index in [4.69, 9.17) is 0 Å². The first kappa shape index (κ1) is 27.4. The molecule has 0 spiro atoms.